The van der Waals surface area contributed by atoms with Gasteiger partial charge in [-0.3, -0.25) is 30.2 Å². The Bertz CT molecular complexity index is 2170. The Labute approximate surface area is 324 Å². The zero-order valence-electron chi connectivity index (χ0n) is 31.3. The van der Waals surface area contributed by atoms with Crippen LogP contribution < -0.4 is 39.3 Å². The lowest BCUT2D eigenvalue weighted by Crippen LogP contribution is -2.46. The van der Waals surface area contributed by atoms with Gasteiger partial charge in [-0.05, 0) is 64.1 Å². The van der Waals surface area contributed by atoms with Crippen molar-refractivity contribution in [2.24, 2.45) is 9.98 Å². The third kappa shape index (κ3) is 7.85. The number of rotatable bonds is 10. The van der Waals surface area contributed by atoms with Crippen LogP contribution in [0.2, 0.25) is 0 Å². The molecular formula is C40H38B2N6O8. The minimum Gasteiger partial charge on any atom is -0.521 e. The molecule has 14 nitrogen and oxygen atoms in total. The first-order valence-electron chi connectivity index (χ1n) is 18.4. The molecule has 0 amide bonds. The van der Waals surface area contributed by atoms with Crippen LogP contribution in [0.3, 0.4) is 0 Å². The monoisotopic (exact) mass is 752 g/mol. The Balaban J connectivity index is 1.29. The first kappa shape index (κ1) is 37.5. The Morgan fingerprint density at radius 2 is 0.893 bits per heavy atom. The maximum absolute atomic E-state index is 11.7. The summed E-state index contributed by atoms with van der Waals surface area (Å²) in [5.41, 5.74) is 4.94. The van der Waals surface area contributed by atoms with E-state index in [0.717, 1.165) is 37.6 Å². The Hall–Kier alpha value is -6.83. The summed E-state index contributed by atoms with van der Waals surface area (Å²) < 4.78 is 26.1. The molecule has 0 fully saturated rings. The van der Waals surface area contributed by atoms with E-state index in [1.807, 2.05) is 36.4 Å². The second-order valence-corrected chi connectivity index (χ2v) is 12.9. The molecule has 7 rings (SSSR count). The van der Waals surface area contributed by atoms with Crippen molar-refractivity contribution in [2.75, 3.05) is 36.0 Å². The van der Waals surface area contributed by atoms with E-state index in [9.17, 15) is 20.2 Å². The van der Waals surface area contributed by atoms with Crippen LogP contribution in [0.4, 0.5) is 34.1 Å². The van der Waals surface area contributed by atoms with Crippen LogP contribution in [0, 0.1) is 20.2 Å². The highest BCUT2D eigenvalue weighted by atomic mass is 16.6. The molecule has 0 saturated carbocycles. The number of anilines is 2. The van der Waals surface area contributed by atoms with E-state index >= 15 is 0 Å². The predicted molar refractivity (Wildman–Crippen MR) is 220 cm³/mol. The highest BCUT2D eigenvalue weighted by Gasteiger charge is 2.34. The molecule has 0 atom stereocenters. The summed E-state index contributed by atoms with van der Waals surface area (Å²) in [5.74, 6) is 1.36. The van der Waals surface area contributed by atoms with Gasteiger partial charge in [-0.1, -0.05) is 24.3 Å². The van der Waals surface area contributed by atoms with E-state index in [-0.39, 0.29) is 22.9 Å². The summed E-state index contributed by atoms with van der Waals surface area (Å²) in [6.45, 7) is 11.5. The normalized spacial score (nSPS) is 12.9. The Kier molecular flexibility index (Phi) is 10.9. The molecule has 0 bridgehead atoms. The number of nitro groups is 2. The van der Waals surface area contributed by atoms with Gasteiger partial charge in [-0.15, -0.1) is 0 Å². The molecule has 16 heteroatoms. The number of nitro benzene ring substituents is 2. The molecule has 2 heterocycles. The zero-order chi connectivity index (χ0) is 39.3. The van der Waals surface area contributed by atoms with Gasteiger partial charge in [0.05, 0.1) is 22.0 Å². The van der Waals surface area contributed by atoms with Gasteiger partial charge in [0, 0.05) is 96.3 Å². The fourth-order valence-corrected chi connectivity index (χ4v) is 6.54. The third-order valence-corrected chi connectivity index (χ3v) is 9.66. The minimum atomic E-state index is -1.06. The number of nitrogens with zero attached hydrogens (tertiary/aromatic N) is 6. The minimum absolute atomic E-state index is 0.156. The summed E-state index contributed by atoms with van der Waals surface area (Å²) in [6, 6.07) is 27.4. The van der Waals surface area contributed by atoms with E-state index < -0.39 is 24.1 Å². The number of hydrogen-bond donors (Lipinski definition) is 0. The van der Waals surface area contributed by atoms with Crippen molar-refractivity contribution in [3.05, 3.63) is 128 Å². The summed E-state index contributed by atoms with van der Waals surface area (Å²) in [7, 11) is -2.12. The largest absolute Gasteiger partial charge is 0.632 e. The Morgan fingerprint density at radius 1 is 0.518 bits per heavy atom. The van der Waals surface area contributed by atoms with Gasteiger partial charge < -0.3 is 28.4 Å². The predicted octanol–water partition coefficient (Wildman–Crippen LogP) is 7.03. The molecule has 0 unspecified atom stereocenters. The fourth-order valence-electron chi connectivity index (χ4n) is 6.54. The van der Waals surface area contributed by atoms with Gasteiger partial charge in [0.2, 0.25) is 0 Å². The summed E-state index contributed by atoms with van der Waals surface area (Å²) in [4.78, 5) is 36.1. The maximum Gasteiger partial charge on any atom is 0.632 e. The van der Waals surface area contributed by atoms with Gasteiger partial charge >= 0.3 is 14.2 Å². The van der Waals surface area contributed by atoms with Crippen LogP contribution in [0.1, 0.15) is 38.8 Å². The fraction of sp³-hybridized carbons (Fsp3) is 0.200. The number of fused-ring (bicyclic) bond motifs is 4. The van der Waals surface area contributed by atoms with E-state index in [4.69, 9.17) is 18.6 Å². The average Bonchev–Trinajstić information content (AvgIpc) is 3.34. The standard InChI is InChI=1S/C40H38B2N6O8/c1-5-45(6-2)31-15-9-27-25-43-35-19-17-33(47(49)50)23-39(35)55-41(53-37(27)21-31)29-11-13-30(14-12-29)42-54-38-22-32(46(7-3)8-4)16-10-28(38)26-44-36-20-18-34(48(51)52)24-40(36)56-42/h9-26H,5-8H2,1-4H3. The second kappa shape index (κ2) is 16.3. The van der Waals surface area contributed by atoms with Crippen molar-refractivity contribution >= 4 is 71.7 Å². The smallest absolute Gasteiger partial charge is 0.521 e. The lowest BCUT2D eigenvalue weighted by molar-refractivity contribution is -0.385. The molecule has 0 spiro atoms. The molecule has 2 aliphatic rings. The molecular weight excluding hydrogens is 714 g/mol. The number of benzene rings is 5. The average molecular weight is 752 g/mol. The molecule has 0 aromatic heterocycles. The summed E-state index contributed by atoms with van der Waals surface area (Å²) >= 11 is 0. The maximum atomic E-state index is 11.7. The van der Waals surface area contributed by atoms with Crippen LogP contribution >= 0.6 is 0 Å². The van der Waals surface area contributed by atoms with E-state index in [1.54, 1.807) is 48.8 Å². The number of hydrogen-bond acceptors (Lipinski definition) is 12. The van der Waals surface area contributed by atoms with Crippen LogP contribution in [0.25, 0.3) is 0 Å². The van der Waals surface area contributed by atoms with E-state index in [0.29, 0.717) is 44.9 Å². The van der Waals surface area contributed by atoms with Gasteiger partial charge in [0.15, 0.2) is 0 Å². The second-order valence-electron chi connectivity index (χ2n) is 12.9. The molecule has 5 aromatic carbocycles. The molecule has 56 heavy (non-hydrogen) atoms. The van der Waals surface area contributed by atoms with Gasteiger partial charge in [-0.2, -0.15) is 0 Å². The summed E-state index contributed by atoms with van der Waals surface area (Å²) in [6.07, 6.45) is 3.31. The highest BCUT2D eigenvalue weighted by molar-refractivity contribution is 6.65. The molecule has 2 aliphatic heterocycles. The lowest BCUT2D eigenvalue weighted by atomic mass is 9.73. The Morgan fingerprint density at radius 3 is 1.25 bits per heavy atom. The SMILES string of the molecule is CCN(CC)c1ccc2c(c1)OB(c1ccc(B3Oc4cc(N(CC)CC)ccc4C=Nc4ccc([N+](=O)[O-])cc4O3)cc1)Oc1cc([N+](=O)[O-])ccc1N=C2. The lowest BCUT2D eigenvalue weighted by Gasteiger charge is -2.24. The van der Waals surface area contributed by atoms with Crippen molar-refractivity contribution in [3.63, 3.8) is 0 Å². The zero-order valence-corrected chi connectivity index (χ0v) is 31.3. The van der Waals surface area contributed by atoms with Crippen molar-refractivity contribution < 1.29 is 28.5 Å². The van der Waals surface area contributed by atoms with Gasteiger partial charge in [-0.25, -0.2) is 0 Å². The first-order chi connectivity index (χ1) is 27.2. The van der Waals surface area contributed by atoms with Crippen molar-refractivity contribution in [2.45, 2.75) is 27.7 Å². The van der Waals surface area contributed by atoms with Crippen molar-refractivity contribution in [1.29, 1.82) is 0 Å². The van der Waals surface area contributed by atoms with Crippen molar-refractivity contribution in [3.8, 4) is 23.0 Å². The van der Waals surface area contributed by atoms with Crippen LogP contribution in [0.15, 0.2) is 107 Å². The van der Waals surface area contributed by atoms with E-state index in [1.165, 1.54) is 24.3 Å². The third-order valence-electron chi connectivity index (χ3n) is 9.66. The van der Waals surface area contributed by atoms with Crippen LogP contribution in [-0.4, -0.2) is 62.7 Å². The summed E-state index contributed by atoms with van der Waals surface area (Å²) in [5, 5.41) is 23.5. The highest BCUT2D eigenvalue weighted by Crippen LogP contribution is 2.37. The van der Waals surface area contributed by atoms with Gasteiger partial charge in [0.25, 0.3) is 11.4 Å². The van der Waals surface area contributed by atoms with E-state index in [2.05, 4.69) is 47.5 Å². The topological polar surface area (TPSA) is 154 Å². The molecule has 0 aliphatic carbocycles. The van der Waals surface area contributed by atoms with Crippen LogP contribution in [0.5, 0.6) is 23.0 Å². The molecule has 282 valence electrons. The van der Waals surface area contributed by atoms with Crippen LogP contribution in [-0.2, 0) is 0 Å². The van der Waals surface area contributed by atoms with Crippen molar-refractivity contribution in [1.82, 2.24) is 0 Å². The van der Waals surface area contributed by atoms with Gasteiger partial charge in [0.1, 0.15) is 34.4 Å². The quantitative estimate of drug-likeness (QED) is 0.0825. The molecule has 5 aromatic rings. The molecule has 0 radical (unpaired) electrons. The first-order valence-corrected chi connectivity index (χ1v) is 18.4. The number of aliphatic imine (C=N–C) groups is 2. The number of non-ortho nitro benzene ring substituents is 2. The molecule has 0 N–H and O–H groups in total. The molecule has 0 saturated heterocycles.